The van der Waals surface area contributed by atoms with Gasteiger partial charge in [0, 0.05) is 32.8 Å². The molecule has 1 saturated heterocycles. The molecular formula is C16H26N4O2. The smallest absolute Gasteiger partial charge is 0.322 e. The molecule has 1 aliphatic heterocycles. The number of nitrogens with one attached hydrogen (secondary N) is 1. The highest BCUT2D eigenvalue weighted by Gasteiger charge is 2.23. The number of aromatic nitrogens is 2. The lowest BCUT2D eigenvalue weighted by molar-refractivity contribution is 0.00848. The van der Waals surface area contributed by atoms with Crippen LogP contribution in [-0.4, -0.2) is 47.0 Å². The van der Waals surface area contributed by atoms with Gasteiger partial charge in [-0.1, -0.05) is 0 Å². The fourth-order valence-electron chi connectivity index (χ4n) is 2.81. The van der Waals surface area contributed by atoms with Crippen LogP contribution in [0.1, 0.15) is 38.5 Å². The zero-order valence-electron chi connectivity index (χ0n) is 13.3. The molecule has 1 aliphatic carbocycles. The number of nitrogens with zero attached hydrogens (tertiary/aromatic N) is 3. The lowest BCUT2D eigenvalue weighted by Gasteiger charge is -2.25. The van der Waals surface area contributed by atoms with E-state index < -0.39 is 0 Å². The molecule has 1 unspecified atom stereocenters. The number of urea groups is 1. The number of hydrogen-bond acceptors (Lipinski definition) is 3. The minimum absolute atomic E-state index is 0.0756. The van der Waals surface area contributed by atoms with Gasteiger partial charge in [0.2, 0.25) is 0 Å². The second kappa shape index (κ2) is 7.13. The molecule has 0 aromatic carbocycles. The zero-order chi connectivity index (χ0) is 15.4. The summed E-state index contributed by atoms with van der Waals surface area (Å²) in [7, 11) is 1.83. The first kappa shape index (κ1) is 15.3. The molecule has 1 aromatic rings. The van der Waals surface area contributed by atoms with Gasteiger partial charge in [0.1, 0.15) is 5.82 Å². The fraction of sp³-hybridized carbons (Fsp3) is 0.750. The molecule has 3 rings (SSSR count). The minimum atomic E-state index is -0.0756. The van der Waals surface area contributed by atoms with Crippen LogP contribution in [-0.2, 0) is 11.3 Å². The van der Waals surface area contributed by atoms with E-state index in [1.807, 2.05) is 17.8 Å². The molecule has 1 aromatic heterocycles. The third-order valence-corrected chi connectivity index (χ3v) is 4.49. The van der Waals surface area contributed by atoms with Gasteiger partial charge in [-0.05, 0) is 44.4 Å². The summed E-state index contributed by atoms with van der Waals surface area (Å²) < 4.78 is 7.61. The Morgan fingerprint density at radius 1 is 1.45 bits per heavy atom. The molecule has 0 bridgehead atoms. The van der Waals surface area contributed by atoms with Crippen molar-refractivity contribution in [2.75, 3.05) is 25.5 Å². The molecule has 2 heterocycles. The number of ether oxygens (including phenoxy) is 1. The maximum Gasteiger partial charge on any atom is 0.322 e. The molecule has 0 spiro atoms. The highest BCUT2D eigenvalue weighted by atomic mass is 16.5. The second-order valence-corrected chi connectivity index (χ2v) is 6.47. The number of rotatable bonds is 6. The predicted molar refractivity (Wildman–Crippen MR) is 84.8 cm³/mol. The Morgan fingerprint density at radius 2 is 2.32 bits per heavy atom. The molecule has 1 saturated carbocycles. The lowest BCUT2D eigenvalue weighted by Crippen LogP contribution is -2.35. The predicted octanol–water partition coefficient (Wildman–Crippen LogP) is 2.72. The third-order valence-electron chi connectivity index (χ3n) is 4.49. The first-order valence-corrected chi connectivity index (χ1v) is 8.38. The molecule has 6 nitrogen and oxygen atoms in total. The third kappa shape index (κ3) is 4.22. The van der Waals surface area contributed by atoms with Crippen molar-refractivity contribution < 1.29 is 9.53 Å². The summed E-state index contributed by atoms with van der Waals surface area (Å²) in [6.45, 7) is 2.48. The first-order valence-electron chi connectivity index (χ1n) is 8.38. The quantitative estimate of drug-likeness (QED) is 0.879. The summed E-state index contributed by atoms with van der Waals surface area (Å²) in [5, 5.41) is 7.25. The van der Waals surface area contributed by atoms with Gasteiger partial charge in [0.15, 0.2) is 0 Å². The Hall–Kier alpha value is -1.56. The number of anilines is 1. The SMILES string of the molecule is CN(CCC1CCCCO1)C(=O)Nc1ccnn1CC1CC1. The van der Waals surface area contributed by atoms with E-state index in [0.717, 1.165) is 44.1 Å². The van der Waals surface area contributed by atoms with Crippen molar-refractivity contribution >= 4 is 11.8 Å². The van der Waals surface area contributed by atoms with E-state index in [1.54, 1.807) is 11.1 Å². The van der Waals surface area contributed by atoms with Crippen LogP contribution in [0.5, 0.6) is 0 Å². The monoisotopic (exact) mass is 306 g/mol. The molecule has 6 heteroatoms. The van der Waals surface area contributed by atoms with Crippen molar-refractivity contribution in [3.05, 3.63) is 12.3 Å². The van der Waals surface area contributed by atoms with Crippen molar-refractivity contribution in [3.63, 3.8) is 0 Å². The van der Waals surface area contributed by atoms with E-state index >= 15 is 0 Å². The largest absolute Gasteiger partial charge is 0.378 e. The van der Waals surface area contributed by atoms with Gasteiger partial charge in [-0.15, -0.1) is 0 Å². The summed E-state index contributed by atoms with van der Waals surface area (Å²) in [6, 6.07) is 1.78. The molecule has 1 N–H and O–H groups in total. The number of carbonyl (C=O) groups excluding carboxylic acids is 1. The fourth-order valence-corrected chi connectivity index (χ4v) is 2.81. The molecule has 2 aliphatic rings. The van der Waals surface area contributed by atoms with Crippen molar-refractivity contribution in [3.8, 4) is 0 Å². The molecular weight excluding hydrogens is 280 g/mol. The average molecular weight is 306 g/mol. The van der Waals surface area contributed by atoms with Crippen LogP contribution in [0.4, 0.5) is 10.6 Å². The van der Waals surface area contributed by atoms with Crippen LogP contribution in [0.25, 0.3) is 0 Å². The van der Waals surface area contributed by atoms with E-state index in [-0.39, 0.29) is 6.03 Å². The number of carbonyl (C=O) groups is 1. The van der Waals surface area contributed by atoms with Gasteiger partial charge < -0.3 is 9.64 Å². The molecule has 1 atom stereocenters. The highest BCUT2D eigenvalue weighted by Crippen LogP contribution is 2.31. The summed E-state index contributed by atoms with van der Waals surface area (Å²) in [4.78, 5) is 14.0. The van der Waals surface area contributed by atoms with Crippen LogP contribution >= 0.6 is 0 Å². The Balaban J connectivity index is 1.45. The maximum absolute atomic E-state index is 12.3. The summed E-state index contributed by atoms with van der Waals surface area (Å²) in [5.74, 6) is 1.52. The first-order chi connectivity index (χ1) is 10.7. The van der Waals surface area contributed by atoms with E-state index in [2.05, 4.69) is 10.4 Å². The standard InChI is InChI=1S/C16H26N4O2/c1-19(10-8-14-4-2-3-11-22-14)16(21)18-15-7-9-17-20(15)12-13-5-6-13/h7,9,13-14H,2-6,8,10-12H2,1H3,(H,18,21). The lowest BCUT2D eigenvalue weighted by atomic mass is 10.1. The van der Waals surface area contributed by atoms with Gasteiger partial charge >= 0.3 is 6.03 Å². The van der Waals surface area contributed by atoms with Crippen LogP contribution in [0.15, 0.2) is 12.3 Å². The molecule has 2 amide bonds. The van der Waals surface area contributed by atoms with Crippen LogP contribution in [0, 0.1) is 5.92 Å². The highest BCUT2D eigenvalue weighted by molar-refractivity contribution is 5.88. The molecule has 0 radical (unpaired) electrons. The average Bonchev–Trinajstić information content (AvgIpc) is 3.25. The number of hydrogen-bond donors (Lipinski definition) is 1. The minimum Gasteiger partial charge on any atom is -0.378 e. The van der Waals surface area contributed by atoms with Crippen molar-refractivity contribution in [1.82, 2.24) is 14.7 Å². The zero-order valence-corrected chi connectivity index (χ0v) is 13.3. The second-order valence-electron chi connectivity index (χ2n) is 6.47. The van der Waals surface area contributed by atoms with Gasteiger partial charge in [0.05, 0.1) is 12.3 Å². The molecule has 22 heavy (non-hydrogen) atoms. The summed E-state index contributed by atoms with van der Waals surface area (Å²) >= 11 is 0. The normalized spacial score (nSPS) is 21.6. The van der Waals surface area contributed by atoms with E-state index in [9.17, 15) is 4.79 Å². The van der Waals surface area contributed by atoms with Crippen molar-refractivity contribution in [2.24, 2.45) is 5.92 Å². The summed E-state index contributed by atoms with van der Waals surface area (Å²) in [5.41, 5.74) is 0. The maximum atomic E-state index is 12.3. The van der Waals surface area contributed by atoms with Gasteiger partial charge in [-0.3, -0.25) is 5.32 Å². The van der Waals surface area contributed by atoms with E-state index in [0.29, 0.717) is 12.6 Å². The van der Waals surface area contributed by atoms with Crippen LogP contribution < -0.4 is 5.32 Å². The van der Waals surface area contributed by atoms with Crippen LogP contribution in [0.3, 0.4) is 0 Å². The Labute approximate surface area is 131 Å². The molecule has 122 valence electrons. The Morgan fingerprint density at radius 3 is 3.05 bits per heavy atom. The van der Waals surface area contributed by atoms with E-state index in [4.69, 9.17) is 4.74 Å². The van der Waals surface area contributed by atoms with Gasteiger partial charge in [0.25, 0.3) is 0 Å². The summed E-state index contributed by atoms with van der Waals surface area (Å²) in [6.07, 6.45) is 9.02. The Kier molecular flexibility index (Phi) is 4.97. The van der Waals surface area contributed by atoms with Gasteiger partial charge in [-0.2, -0.15) is 5.10 Å². The van der Waals surface area contributed by atoms with E-state index in [1.165, 1.54) is 19.3 Å². The molecule has 2 fully saturated rings. The Bertz CT molecular complexity index is 492. The van der Waals surface area contributed by atoms with Crippen LogP contribution in [0.2, 0.25) is 0 Å². The van der Waals surface area contributed by atoms with Crippen molar-refractivity contribution in [2.45, 2.75) is 51.2 Å². The van der Waals surface area contributed by atoms with Gasteiger partial charge in [-0.25, -0.2) is 9.48 Å². The topological polar surface area (TPSA) is 59.4 Å². The van der Waals surface area contributed by atoms with Crippen molar-refractivity contribution in [1.29, 1.82) is 0 Å². The number of amides is 2.